The number of rotatable bonds is 6. The molecule has 0 aliphatic rings. The number of para-hydroxylation sites is 1. The Bertz CT molecular complexity index is 1270. The third-order valence-corrected chi connectivity index (χ3v) is 5.22. The van der Waals surface area contributed by atoms with Gasteiger partial charge in [0.25, 0.3) is 0 Å². The molecule has 32 heavy (non-hydrogen) atoms. The Labute approximate surface area is 187 Å². The summed E-state index contributed by atoms with van der Waals surface area (Å²) < 4.78 is 18.7. The predicted octanol–water partition coefficient (Wildman–Crippen LogP) is 5.07. The molecule has 0 aliphatic heterocycles. The predicted molar refractivity (Wildman–Crippen MR) is 125 cm³/mol. The van der Waals surface area contributed by atoms with Crippen LogP contribution in [0.3, 0.4) is 0 Å². The lowest BCUT2D eigenvalue weighted by molar-refractivity contribution is -0.644. The molecule has 0 N–H and O–H groups in total. The standard InChI is InChI=1S/C27H24NO4/c1-28-16-15-20(22-11-7-8-12-23(22)28)14-13-19-17-24(30-2)26(25(18-19)31-3)32-27(29)21-9-5-4-6-10-21/h4-18H,1-3H3/q+1/b14-13+. The minimum Gasteiger partial charge on any atom is -0.493 e. The van der Waals surface area contributed by atoms with E-state index in [2.05, 4.69) is 22.8 Å². The van der Waals surface area contributed by atoms with E-state index in [4.69, 9.17) is 14.2 Å². The van der Waals surface area contributed by atoms with Crippen molar-refractivity contribution < 1.29 is 23.6 Å². The number of ether oxygens (including phenoxy) is 3. The second kappa shape index (κ2) is 9.35. The molecule has 4 rings (SSSR count). The summed E-state index contributed by atoms with van der Waals surface area (Å²) in [6, 6.07) is 22.8. The van der Waals surface area contributed by atoms with Crippen LogP contribution in [0.5, 0.6) is 17.2 Å². The summed E-state index contributed by atoms with van der Waals surface area (Å²) in [6.07, 6.45) is 6.07. The summed E-state index contributed by atoms with van der Waals surface area (Å²) in [5.41, 5.74) is 3.55. The van der Waals surface area contributed by atoms with Gasteiger partial charge in [-0.15, -0.1) is 0 Å². The van der Waals surface area contributed by atoms with E-state index in [0.29, 0.717) is 17.1 Å². The van der Waals surface area contributed by atoms with E-state index < -0.39 is 5.97 Å². The summed E-state index contributed by atoms with van der Waals surface area (Å²) in [6.45, 7) is 0. The molecule has 0 saturated carbocycles. The van der Waals surface area contributed by atoms with Gasteiger partial charge in [0, 0.05) is 12.1 Å². The smallest absolute Gasteiger partial charge is 0.343 e. The summed E-state index contributed by atoms with van der Waals surface area (Å²) in [7, 11) is 5.10. The van der Waals surface area contributed by atoms with Crippen LogP contribution >= 0.6 is 0 Å². The second-order valence-electron chi connectivity index (χ2n) is 7.24. The first-order valence-electron chi connectivity index (χ1n) is 10.2. The number of aromatic nitrogens is 1. The highest BCUT2D eigenvalue weighted by atomic mass is 16.6. The van der Waals surface area contributed by atoms with Crippen LogP contribution in [-0.2, 0) is 7.05 Å². The monoisotopic (exact) mass is 426 g/mol. The minimum atomic E-state index is -0.478. The molecule has 0 amide bonds. The molecule has 0 unspecified atom stereocenters. The maximum atomic E-state index is 12.5. The van der Waals surface area contributed by atoms with Gasteiger partial charge in [0.2, 0.25) is 11.3 Å². The number of pyridine rings is 1. The number of esters is 1. The number of nitrogens with zero attached hydrogens (tertiary/aromatic N) is 1. The van der Waals surface area contributed by atoms with Crippen LogP contribution in [0.2, 0.25) is 0 Å². The van der Waals surface area contributed by atoms with Crippen LogP contribution in [0, 0.1) is 0 Å². The Hall–Kier alpha value is -4.12. The summed E-state index contributed by atoms with van der Waals surface area (Å²) in [4.78, 5) is 12.5. The zero-order valence-electron chi connectivity index (χ0n) is 18.2. The van der Waals surface area contributed by atoms with Gasteiger partial charge in [0.15, 0.2) is 17.7 Å². The fraction of sp³-hybridized carbons (Fsp3) is 0.111. The van der Waals surface area contributed by atoms with Gasteiger partial charge in [-0.25, -0.2) is 9.36 Å². The van der Waals surface area contributed by atoms with Crippen molar-refractivity contribution in [3.8, 4) is 17.2 Å². The van der Waals surface area contributed by atoms with E-state index in [1.165, 1.54) is 14.2 Å². The Morgan fingerprint density at radius 1 is 0.844 bits per heavy atom. The summed E-state index contributed by atoms with van der Waals surface area (Å²) in [5.74, 6) is 0.600. The first-order chi connectivity index (χ1) is 15.6. The molecule has 0 spiro atoms. The molecule has 1 heterocycles. The van der Waals surface area contributed by atoms with E-state index >= 15 is 0 Å². The fourth-order valence-corrected chi connectivity index (χ4v) is 3.54. The zero-order chi connectivity index (χ0) is 22.5. The largest absolute Gasteiger partial charge is 0.493 e. The van der Waals surface area contributed by atoms with Crippen molar-refractivity contribution in [2.75, 3.05) is 14.2 Å². The molecule has 0 fully saturated rings. The van der Waals surface area contributed by atoms with E-state index in [1.807, 2.05) is 55.7 Å². The number of benzene rings is 3. The highest BCUT2D eigenvalue weighted by molar-refractivity contribution is 5.92. The van der Waals surface area contributed by atoms with Gasteiger partial charge in [0.05, 0.1) is 25.2 Å². The van der Waals surface area contributed by atoms with Crippen molar-refractivity contribution in [2.24, 2.45) is 7.05 Å². The number of carbonyl (C=O) groups is 1. The molecule has 3 aromatic carbocycles. The summed E-state index contributed by atoms with van der Waals surface area (Å²) in [5, 5.41) is 1.15. The highest BCUT2D eigenvalue weighted by Crippen LogP contribution is 2.39. The topological polar surface area (TPSA) is 48.6 Å². The number of hydrogen-bond acceptors (Lipinski definition) is 4. The quantitative estimate of drug-likeness (QED) is 0.245. The lowest BCUT2D eigenvalue weighted by Crippen LogP contribution is -2.28. The average Bonchev–Trinajstić information content (AvgIpc) is 2.84. The van der Waals surface area contributed by atoms with Crippen molar-refractivity contribution in [3.05, 3.63) is 95.7 Å². The van der Waals surface area contributed by atoms with Crippen LogP contribution < -0.4 is 18.8 Å². The minimum absolute atomic E-state index is 0.248. The average molecular weight is 426 g/mol. The van der Waals surface area contributed by atoms with Gasteiger partial charge in [-0.3, -0.25) is 0 Å². The van der Waals surface area contributed by atoms with Gasteiger partial charge >= 0.3 is 5.97 Å². The van der Waals surface area contributed by atoms with E-state index in [1.54, 1.807) is 24.3 Å². The van der Waals surface area contributed by atoms with Gasteiger partial charge in [-0.05, 0) is 41.5 Å². The van der Waals surface area contributed by atoms with E-state index in [-0.39, 0.29) is 5.75 Å². The third-order valence-electron chi connectivity index (χ3n) is 5.22. The molecule has 5 heteroatoms. The van der Waals surface area contributed by atoms with Crippen LogP contribution in [0.15, 0.2) is 79.0 Å². The molecular weight excluding hydrogens is 402 g/mol. The maximum absolute atomic E-state index is 12.5. The highest BCUT2D eigenvalue weighted by Gasteiger charge is 2.18. The third kappa shape index (κ3) is 4.32. The molecule has 160 valence electrons. The van der Waals surface area contributed by atoms with Crippen LogP contribution in [-0.4, -0.2) is 20.2 Å². The van der Waals surface area contributed by atoms with Crippen molar-refractivity contribution in [2.45, 2.75) is 0 Å². The first kappa shape index (κ1) is 21.1. The molecule has 0 bridgehead atoms. The molecular formula is C27H24NO4+. The van der Waals surface area contributed by atoms with Gasteiger partial charge in [0.1, 0.15) is 7.05 Å². The van der Waals surface area contributed by atoms with Gasteiger partial charge < -0.3 is 14.2 Å². The number of carbonyl (C=O) groups excluding carboxylic acids is 1. The molecule has 0 atom stereocenters. The van der Waals surface area contributed by atoms with Crippen LogP contribution in [0.25, 0.3) is 23.1 Å². The van der Waals surface area contributed by atoms with Crippen molar-refractivity contribution >= 4 is 29.0 Å². The van der Waals surface area contributed by atoms with E-state index in [0.717, 1.165) is 22.0 Å². The van der Waals surface area contributed by atoms with Crippen LogP contribution in [0.4, 0.5) is 0 Å². The fourth-order valence-electron chi connectivity index (χ4n) is 3.54. The molecule has 0 aliphatic carbocycles. The molecule has 1 aromatic heterocycles. The molecule has 0 saturated heterocycles. The number of fused-ring (bicyclic) bond motifs is 1. The Morgan fingerprint density at radius 3 is 2.19 bits per heavy atom. The Balaban J connectivity index is 1.68. The number of hydrogen-bond donors (Lipinski definition) is 0. The lowest BCUT2D eigenvalue weighted by atomic mass is 10.1. The lowest BCUT2D eigenvalue weighted by Gasteiger charge is -2.14. The Morgan fingerprint density at radius 2 is 1.50 bits per heavy atom. The second-order valence-corrected chi connectivity index (χ2v) is 7.24. The molecule has 0 radical (unpaired) electrons. The molecule has 5 nitrogen and oxygen atoms in total. The number of methoxy groups -OCH3 is 2. The van der Waals surface area contributed by atoms with Crippen molar-refractivity contribution in [3.63, 3.8) is 0 Å². The van der Waals surface area contributed by atoms with Gasteiger partial charge in [-0.1, -0.05) is 42.5 Å². The SMILES string of the molecule is COc1cc(/C=C/c2cc[n+](C)c3ccccc23)cc(OC)c1OC(=O)c1ccccc1. The zero-order valence-corrected chi connectivity index (χ0v) is 18.2. The number of aryl methyl sites for hydroxylation is 1. The van der Waals surface area contributed by atoms with Gasteiger partial charge in [-0.2, -0.15) is 0 Å². The van der Waals surface area contributed by atoms with E-state index in [9.17, 15) is 4.79 Å². The first-order valence-corrected chi connectivity index (χ1v) is 10.2. The normalized spacial score (nSPS) is 11.0. The Kier molecular flexibility index (Phi) is 6.17. The molecule has 4 aromatic rings. The maximum Gasteiger partial charge on any atom is 0.343 e. The van der Waals surface area contributed by atoms with Crippen molar-refractivity contribution in [1.29, 1.82) is 0 Å². The summed E-state index contributed by atoms with van der Waals surface area (Å²) >= 11 is 0. The van der Waals surface area contributed by atoms with Crippen LogP contribution in [0.1, 0.15) is 21.5 Å². The van der Waals surface area contributed by atoms with Crippen molar-refractivity contribution in [1.82, 2.24) is 0 Å².